The molecule has 0 fully saturated rings. The summed E-state index contributed by atoms with van der Waals surface area (Å²) >= 11 is 4.40. The molecule has 1 aliphatic carbocycles. The number of hydrogen-bond donors (Lipinski definition) is 1. The van der Waals surface area contributed by atoms with Crippen LogP contribution >= 0.6 is 23.3 Å². The Kier molecular flexibility index (Phi) is 7.43. The molecule has 184 valence electrons. The molecule has 1 aliphatic rings. The van der Waals surface area contributed by atoms with Crippen LogP contribution in [0.2, 0.25) is 5.02 Å². The lowest BCUT2D eigenvalue weighted by Gasteiger charge is -2.29. The molecule has 0 spiro atoms. The summed E-state index contributed by atoms with van der Waals surface area (Å²) < 4.78 is 34.7. The van der Waals surface area contributed by atoms with Gasteiger partial charge in [-0.2, -0.15) is 8.75 Å². The first kappa shape index (κ1) is 24.6. The van der Waals surface area contributed by atoms with Crippen molar-refractivity contribution < 1.29 is 13.6 Å². The van der Waals surface area contributed by atoms with Gasteiger partial charge in [-0.05, 0) is 54.2 Å². The molecule has 4 aromatic rings. The molecule has 1 heterocycles. The Bertz CT molecular complexity index is 1410. The van der Waals surface area contributed by atoms with Gasteiger partial charge in [-0.1, -0.05) is 66.2 Å². The molecule has 0 radical (unpaired) electrons. The van der Waals surface area contributed by atoms with Gasteiger partial charge in [-0.3, -0.25) is 13.3 Å². The van der Waals surface area contributed by atoms with Gasteiger partial charge < -0.3 is 9.87 Å². The number of rotatable bonds is 7. The maximum atomic E-state index is 13.5. The highest BCUT2D eigenvalue weighted by molar-refractivity contribution is 7.81. The van der Waals surface area contributed by atoms with E-state index < -0.39 is 11.3 Å². The SMILES string of the molecule is O=C(NC1CCCc2ccccc21)c1ccc(Cl)cc1N(c1nsnc1Cc1ccccc1)S(=O)[O-]. The van der Waals surface area contributed by atoms with E-state index in [1.165, 1.54) is 17.7 Å². The van der Waals surface area contributed by atoms with E-state index >= 15 is 0 Å². The van der Waals surface area contributed by atoms with Crippen LogP contribution < -0.4 is 9.62 Å². The Morgan fingerprint density at radius 1 is 1.11 bits per heavy atom. The Labute approximate surface area is 220 Å². The van der Waals surface area contributed by atoms with E-state index in [0.717, 1.165) is 46.4 Å². The van der Waals surface area contributed by atoms with Gasteiger partial charge in [0.25, 0.3) is 5.91 Å². The number of fused-ring (bicyclic) bond motifs is 1. The van der Waals surface area contributed by atoms with Crippen molar-refractivity contribution in [2.45, 2.75) is 31.7 Å². The van der Waals surface area contributed by atoms with Gasteiger partial charge in [0.15, 0.2) is 5.82 Å². The standard InChI is InChI=1S/C26H23ClN4O3S2/c27-19-13-14-21(26(32)28-22-12-6-10-18-9-4-5-11-20(18)22)24(16-19)31(36(33)34)25-23(29-35-30-25)15-17-7-2-1-3-8-17/h1-5,7-9,11,13-14,16,22H,6,10,12,15H2,(H,28,32)(H,33,34)/p-1. The Balaban J connectivity index is 1.50. The largest absolute Gasteiger partial charge is 0.755 e. The lowest BCUT2D eigenvalue weighted by Crippen LogP contribution is -2.32. The van der Waals surface area contributed by atoms with E-state index in [9.17, 15) is 13.6 Å². The second-order valence-corrected chi connectivity index (χ2v) is 10.3. The molecule has 7 nitrogen and oxygen atoms in total. The summed E-state index contributed by atoms with van der Waals surface area (Å²) in [4.78, 5) is 13.5. The van der Waals surface area contributed by atoms with Gasteiger partial charge in [0, 0.05) is 11.4 Å². The first-order valence-electron chi connectivity index (χ1n) is 11.4. The summed E-state index contributed by atoms with van der Waals surface area (Å²) in [5.74, 6) is -0.233. The molecule has 2 atom stereocenters. The van der Waals surface area contributed by atoms with E-state index in [1.54, 1.807) is 6.07 Å². The molecule has 1 aromatic heterocycles. The first-order valence-corrected chi connectivity index (χ1v) is 13.6. The van der Waals surface area contributed by atoms with Crippen molar-refractivity contribution in [1.82, 2.24) is 14.1 Å². The maximum Gasteiger partial charge on any atom is 0.253 e. The van der Waals surface area contributed by atoms with Gasteiger partial charge >= 0.3 is 0 Å². The molecule has 1 N–H and O–H groups in total. The third-order valence-electron chi connectivity index (χ3n) is 6.19. The quantitative estimate of drug-likeness (QED) is 0.313. The van der Waals surface area contributed by atoms with E-state index in [1.807, 2.05) is 48.5 Å². The summed E-state index contributed by atoms with van der Waals surface area (Å²) in [7, 11) is 0. The van der Waals surface area contributed by atoms with E-state index in [0.29, 0.717) is 17.1 Å². The van der Waals surface area contributed by atoms with Gasteiger partial charge in [-0.25, -0.2) is 0 Å². The lowest BCUT2D eigenvalue weighted by atomic mass is 9.87. The van der Waals surface area contributed by atoms with Crippen molar-refractivity contribution in [2.75, 3.05) is 4.31 Å². The monoisotopic (exact) mass is 537 g/mol. The number of amides is 1. The zero-order chi connectivity index (χ0) is 25.1. The number of halogens is 1. The fourth-order valence-corrected chi connectivity index (χ4v) is 5.89. The molecule has 36 heavy (non-hydrogen) atoms. The van der Waals surface area contributed by atoms with Crippen molar-refractivity contribution in [3.63, 3.8) is 0 Å². The summed E-state index contributed by atoms with van der Waals surface area (Å²) in [5, 5.41) is 3.40. The van der Waals surface area contributed by atoms with Crippen LogP contribution in [0.1, 0.15) is 51.6 Å². The minimum atomic E-state index is -2.78. The fourth-order valence-electron chi connectivity index (χ4n) is 4.53. The maximum absolute atomic E-state index is 13.5. The van der Waals surface area contributed by atoms with Gasteiger partial charge in [0.1, 0.15) is 5.69 Å². The summed E-state index contributed by atoms with van der Waals surface area (Å²) in [6.45, 7) is 0. The van der Waals surface area contributed by atoms with Crippen LogP contribution in [0.25, 0.3) is 0 Å². The minimum absolute atomic E-state index is 0.124. The Morgan fingerprint density at radius 2 is 1.89 bits per heavy atom. The molecule has 3 aromatic carbocycles. The summed E-state index contributed by atoms with van der Waals surface area (Å²) in [6, 6.07) is 22.1. The van der Waals surface area contributed by atoms with Crippen LogP contribution in [0.4, 0.5) is 11.5 Å². The van der Waals surface area contributed by atoms with Crippen LogP contribution in [-0.2, 0) is 24.1 Å². The summed E-state index contributed by atoms with van der Waals surface area (Å²) in [6.07, 6.45) is 3.12. The summed E-state index contributed by atoms with van der Waals surface area (Å²) in [5.41, 5.74) is 4.06. The van der Waals surface area contributed by atoms with Crippen LogP contribution in [0.3, 0.4) is 0 Å². The van der Waals surface area contributed by atoms with Crippen LogP contribution in [0.5, 0.6) is 0 Å². The fraction of sp³-hybridized carbons (Fsp3) is 0.192. The van der Waals surface area contributed by atoms with E-state index in [2.05, 4.69) is 20.1 Å². The number of nitrogens with zero attached hydrogens (tertiary/aromatic N) is 3. The number of benzene rings is 3. The average Bonchev–Trinajstić information content (AvgIpc) is 3.32. The highest BCUT2D eigenvalue weighted by Gasteiger charge is 2.27. The first-order chi connectivity index (χ1) is 17.5. The smallest absolute Gasteiger partial charge is 0.253 e. The average molecular weight is 538 g/mol. The van der Waals surface area contributed by atoms with Crippen molar-refractivity contribution in [1.29, 1.82) is 0 Å². The third-order valence-corrected chi connectivity index (χ3v) is 7.65. The number of hydrogen-bond acceptors (Lipinski definition) is 6. The minimum Gasteiger partial charge on any atom is -0.755 e. The molecule has 0 saturated carbocycles. The van der Waals surface area contributed by atoms with Crippen LogP contribution in [-0.4, -0.2) is 23.4 Å². The highest BCUT2D eigenvalue weighted by Crippen LogP contribution is 2.35. The number of carbonyl (C=O) groups is 1. The molecule has 1 amide bonds. The third kappa shape index (κ3) is 5.19. The lowest BCUT2D eigenvalue weighted by molar-refractivity contribution is 0.0933. The van der Waals surface area contributed by atoms with Gasteiger partial charge in [-0.15, -0.1) is 0 Å². The number of aromatic nitrogens is 2. The van der Waals surface area contributed by atoms with Crippen molar-refractivity contribution >= 4 is 52.0 Å². The predicted molar refractivity (Wildman–Crippen MR) is 141 cm³/mol. The van der Waals surface area contributed by atoms with E-state index in [4.69, 9.17) is 11.6 Å². The number of aryl methyl sites for hydroxylation is 1. The molecular weight excluding hydrogens is 516 g/mol. The van der Waals surface area contributed by atoms with Crippen molar-refractivity contribution in [3.8, 4) is 0 Å². The molecule has 5 rings (SSSR count). The van der Waals surface area contributed by atoms with Gasteiger partial charge in [0.2, 0.25) is 0 Å². The molecular formula is C26H22ClN4O3S2-. The Hall–Kier alpha value is -3.11. The molecule has 10 heteroatoms. The van der Waals surface area contributed by atoms with Crippen molar-refractivity contribution in [2.24, 2.45) is 0 Å². The van der Waals surface area contributed by atoms with Gasteiger partial charge in [0.05, 0.1) is 40.3 Å². The highest BCUT2D eigenvalue weighted by atomic mass is 35.5. The van der Waals surface area contributed by atoms with Crippen LogP contribution in [0, 0.1) is 0 Å². The number of carbonyl (C=O) groups excluding carboxylic acids is 1. The second kappa shape index (κ2) is 10.9. The zero-order valence-electron chi connectivity index (χ0n) is 19.1. The van der Waals surface area contributed by atoms with Crippen LogP contribution in [0.15, 0.2) is 72.8 Å². The number of nitrogens with one attached hydrogen (secondary N) is 1. The molecule has 2 unspecified atom stereocenters. The van der Waals surface area contributed by atoms with Crippen molar-refractivity contribution in [3.05, 3.63) is 106 Å². The Morgan fingerprint density at radius 3 is 2.69 bits per heavy atom. The zero-order valence-corrected chi connectivity index (χ0v) is 21.5. The molecule has 0 bridgehead atoms. The number of anilines is 2. The second-order valence-electron chi connectivity index (χ2n) is 8.49. The normalized spacial score (nSPS) is 15.7. The predicted octanol–water partition coefficient (Wildman–Crippen LogP) is 5.52. The molecule has 0 saturated heterocycles. The van der Waals surface area contributed by atoms with E-state index in [-0.39, 0.29) is 29.0 Å². The topological polar surface area (TPSA) is 98.2 Å². The molecule has 0 aliphatic heterocycles.